The standard InChI is InChI=1S/C22H31Cl2F2N5O2/c1-5-27-12-17-10-18(24)20(33-4)11-19(17)29-6-8-30(9-7-29)22(32)14-31(16(3)15(2)23)28-13-21(25)26/h10-11,13,21,27H,5-9,12,14H2,1-4H3/b16-15+,28-13+. The Hall–Kier alpha value is -2.10. The van der Waals surface area contributed by atoms with Crippen LogP contribution in [-0.4, -0.2) is 74.8 Å². The van der Waals surface area contributed by atoms with E-state index >= 15 is 0 Å². The minimum Gasteiger partial charge on any atom is -0.495 e. The minimum absolute atomic E-state index is 0.167. The monoisotopic (exact) mass is 505 g/mol. The number of alkyl halides is 2. The van der Waals surface area contributed by atoms with Gasteiger partial charge in [-0.15, -0.1) is 0 Å². The van der Waals surface area contributed by atoms with Crippen LogP contribution in [0.3, 0.4) is 0 Å². The predicted molar refractivity (Wildman–Crippen MR) is 130 cm³/mol. The molecule has 33 heavy (non-hydrogen) atoms. The van der Waals surface area contributed by atoms with E-state index in [1.165, 1.54) is 5.01 Å². The Labute approximate surface area is 203 Å². The molecule has 1 aromatic carbocycles. The molecular weight excluding hydrogens is 475 g/mol. The molecule has 0 unspecified atom stereocenters. The molecule has 1 saturated heterocycles. The molecule has 0 spiro atoms. The number of amides is 1. The van der Waals surface area contributed by atoms with Crippen molar-refractivity contribution in [3.05, 3.63) is 33.4 Å². The average Bonchev–Trinajstić information content (AvgIpc) is 2.79. The number of methoxy groups -OCH3 is 1. The van der Waals surface area contributed by atoms with Gasteiger partial charge in [0, 0.05) is 55.2 Å². The Morgan fingerprint density at radius 3 is 2.52 bits per heavy atom. The molecule has 2 rings (SSSR count). The van der Waals surface area contributed by atoms with E-state index in [0.29, 0.717) is 60.4 Å². The highest BCUT2D eigenvalue weighted by Crippen LogP contribution is 2.34. The van der Waals surface area contributed by atoms with Gasteiger partial charge in [-0.2, -0.15) is 5.10 Å². The summed E-state index contributed by atoms with van der Waals surface area (Å²) in [6.45, 7) is 8.80. The van der Waals surface area contributed by atoms with Gasteiger partial charge in [-0.25, -0.2) is 8.78 Å². The Bertz CT molecular complexity index is 871. The molecule has 1 aliphatic heterocycles. The van der Waals surface area contributed by atoms with E-state index in [1.807, 2.05) is 19.1 Å². The number of hydrogen-bond donors (Lipinski definition) is 1. The fourth-order valence-corrected chi connectivity index (χ4v) is 3.78. The fraction of sp³-hybridized carbons (Fsp3) is 0.545. The van der Waals surface area contributed by atoms with Gasteiger partial charge in [-0.3, -0.25) is 9.80 Å². The molecule has 0 radical (unpaired) electrons. The largest absolute Gasteiger partial charge is 0.495 e. The van der Waals surface area contributed by atoms with Crippen LogP contribution in [0, 0.1) is 0 Å². The van der Waals surface area contributed by atoms with Gasteiger partial charge in [0.2, 0.25) is 5.91 Å². The Kier molecular flexibility index (Phi) is 10.7. The SMILES string of the molecule is CCNCc1cc(Cl)c(OC)cc1N1CCN(C(=O)CN(/N=C/C(F)F)/C(C)=C(\C)Cl)CC1. The lowest BCUT2D eigenvalue weighted by Gasteiger charge is -2.38. The van der Waals surface area contributed by atoms with Crippen molar-refractivity contribution in [2.24, 2.45) is 5.10 Å². The van der Waals surface area contributed by atoms with E-state index in [9.17, 15) is 13.6 Å². The number of hydrogen-bond acceptors (Lipinski definition) is 6. The number of nitrogens with one attached hydrogen (secondary N) is 1. The molecule has 0 saturated carbocycles. The summed E-state index contributed by atoms with van der Waals surface area (Å²) < 4.78 is 30.6. The number of nitrogens with zero attached hydrogens (tertiary/aromatic N) is 4. The molecule has 1 aliphatic rings. The molecule has 184 valence electrons. The van der Waals surface area contributed by atoms with Crippen LogP contribution < -0.4 is 15.0 Å². The van der Waals surface area contributed by atoms with E-state index in [2.05, 4.69) is 15.3 Å². The summed E-state index contributed by atoms with van der Waals surface area (Å²) in [5, 5.41) is 9.19. The number of anilines is 1. The topological polar surface area (TPSA) is 60.4 Å². The van der Waals surface area contributed by atoms with Gasteiger partial charge in [0.15, 0.2) is 0 Å². The maximum atomic E-state index is 12.9. The zero-order chi connectivity index (χ0) is 24.5. The van der Waals surface area contributed by atoms with Gasteiger partial charge in [0.05, 0.1) is 18.3 Å². The van der Waals surface area contributed by atoms with Crippen LogP contribution in [0.25, 0.3) is 0 Å². The van der Waals surface area contributed by atoms with Crippen LogP contribution in [-0.2, 0) is 11.3 Å². The molecule has 1 amide bonds. The molecule has 1 N–H and O–H groups in total. The number of carbonyl (C=O) groups excluding carboxylic acids is 1. The molecule has 11 heteroatoms. The summed E-state index contributed by atoms with van der Waals surface area (Å²) in [5.74, 6) is 0.386. The number of carbonyl (C=O) groups is 1. The number of piperazine rings is 1. The molecule has 1 fully saturated rings. The first-order valence-electron chi connectivity index (χ1n) is 10.7. The molecule has 0 aliphatic carbocycles. The van der Waals surface area contributed by atoms with Crippen LogP contribution >= 0.6 is 23.2 Å². The summed E-state index contributed by atoms with van der Waals surface area (Å²) in [6.07, 6.45) is -2.23. The first-order valence-corrected chi connectivity index (χ1v) is 11.5. The van der Waals surface area contributed by atoms with Crippen molar-refractivity contribution in [3.63, 3.8) is 0 Å². The van der Waals surface area contributed by atoms with E-state index < -0.39 is 6.43 Å². The Balaban J connectivity index is 2.10. The third-order valence-electron chi connectivity index (χ3n) is 5.38. The Morgan fingerprint density at radius 1 is 1.30 bits per heavy atom. The van der Waals surface area contributed by atoms with Gasteiger partial charge in [0.1, 0.15) is 12.3 Å². The lowest BCUT2D eigenvalue weighted by atomic mass is 10.1. The van der Waals surface area contributed by atoms with Crippen molar-refractivity contribution < 1.29 is 18.3 Å². The second kappa shape index (κ2) is 13.0. The fourth-order valence-electron chi connectivity index (χ4n) is 3.42. The lowest BCUT2D eigenvalue weighted by Crippen LogP contribution is -2.51. The van der Waals surface area contributed by atoms with Crippen molar-refractivity contribution in [1.82, 2.24) is 15.2 Å². The quantitative estimate of drug-likeness (QED) is 0.382. The number of ether oxygens (including phenoxy) is 1. The molecule has 1 heterocycles. The van der Waals surface area contributed by atoms with Crippen molar-refractivity contribution >= 4 is 41.0 Å². The van der Waals surface area contributed by atoms with Crippen LogP contribution in [0.5, 0.6) is 5.75 Å². The summed E-state index contributed by atoms with van der Waals surface area (Å²) in [6, 6.07) is 3.82. The summed E-state index contributed by atoms with van der Waals surface area (Å²) >= 11 is 12.3. The normalized spacial score (nSPS) is 15.3. The summed E-state index contributed by atoms with van der Waals surface area (Å²) in [4.78, 5) is 16.8. The van der Waals surface area contributed by atoms with E-state index in [4.69, 9.17) is 27.9 Å². The summed E-state index contributed by atoms with van der Waals surface area (Å²) in [7, 11) is 1.58. The van der Waals surface area contributed by atoms with Gasteiger partial charge < -0.3 is 19.9 Å². The predicted octanol–water partition coefficient (Wildman–Crippen LogP) is 4.15. The van der Waals surface area contributed by atoms with Crippen LogP contribution in [0.4, 0.5) is 14.5 Å². The third kappa shape index (κ3) is 7.72. The van der Waals surface area contributed by atoms with Crippen molar-refractivity contribution in [1.29, 1.82) is 0 Å². The van der Waals surface area contributed by atoms with Gasteiger partial charge in [-0.05, 0) is 32.0 Å². The van der Waals surface area contributed by atoms with Gasteiger partial charge in [0.25, 0.3) is 6.43 Å². The van der Waals surface area contributed by atoms with E-state index in [1.54, 1.807) is 25.9 Å². The second-order valence-electron chi connectivity index (χ2n) is 7.54. The highest BCUT2D eigenvalue weighted by atomic mass is 35.5. The maximum absolute atomic E-state index is 12.9. The first kappa shape index (κ1) is 27.1. The van der Waals surface area contributed by atoms with Gasteiger partial charge in [-0.1, -0.05) is 30.1 Å². The number of halogens is 4. The molecule has 0 aromatic heterocycles. The zero-order valence-electron chi connectivity index (χ0n) is 19.4. The van der Waals surface area contributed by atoms with Crippen molar-refractivity contribution in [2.75, 3.05) is 51.3 Å². The van der Waals surface area contributed by atoms with Crippen molar-refractivity contribution in [3.8, 4) is 5.75 Å². The van der Waals surface area contributed by atoms with Crippen LogP contribution in [0.15, 0.2) is 28.0 Å². The maximum Gasteiger partial charge on any atom is 0.275 e. The number of hydrazone groups is 1. The van der Waals surface area contributed by atoms with E-state index in [0.717, 1.165) is 17.8 Å². The first-order chi connectivity index (χ1) is 15.7. The lowest BCUT2D eigenvalue weighted by molar-refractivity contribution is -0.132. The number of benzene rings is 1. The molecule has 1 aromatic rings. The molecular formula is C22H31Cl2F2N5O2. The highest BCUT2D eigenvalue weighted by molar-refractivity contribution is 6.32. The zero-order valence-corrected chi connectivity index (χ0v) is 20.9. The minimum atomic E-state index is -2.72. The van der Waals surface area contributed by atoms with Crippen molar-refractivity contribution in [2.45, 2.75) is 33.7 Å². The number of rotatable bonds is 10. The second-order valence-corrected chi connectivity index (χ2v) is 8.51. The van der Waals surface area contributed by atoms with Gasteiger partial charge >= 0.3 is 0 Å². The molecule has 7 nitrogen and oxygen atoms in total. The number of allylic oxidation sites excluding steroid dienone is 2. The Morgan fingerprint density at radius 2 is 1.97 bits per heavy atom. The molecule has 0 atom stereocenters. The third-order valence-corrected chi connectivity index (χ3v) is 5.95. The van der Waals surface area contributed by atoms with Crippen LogP contribution in [0.1, 0.15) is 26.3 Å². The highest BCUT2D eigenvalue weighted by Gasteiger charge is 2.25. The van der Waals surface area contributed by atoms with E-state index in [-0.39, 0.29) is 12.5 Å². The molecule has 0 bridgehead atoms. The average molecular weight is 506 g/mol. The smallest absolute Gasteiger partial charge is 0.275 e. The summed E-state index contributed by atoms with van der Waals surface area (Å²) in [5.41, 5.74) is 2.50. The van der Waals surface area contributed by atoms with Crippen LogP contribution in [0.2, 0.25) is 5.02 Å².